The van der Waals surface area contributed by atoms with Gasteiger partial charge in [-0.1, -0.05) is 30.3 Å². The van der Waals surface area contributed by atoms with E-state index in [0.717, 1.165) is 17.7 Å². The van der Waals surface area contributed by atoms with Crippen molar-refractivity contribution in [1.29, 1.82) is 0 Å². The predicted molar refractivity (Wildman–Crippen MR) is 104 cm³/mol. The van der Waals surface area contributed by atoms with Crippen molar-refractivity contribution >= 4 is 23.2 Å². The van der Waals surface area contributed by atoms with E-state index in [-0.39, 0.29) is 18.8 Å². The molecule has 0 saturated carbocycles. The van der Waals surface area contributed by atoms with E-state index in [9.17, 15) is 27.2 Å². The first-order valence-electron chi connectivity index (χ1n) is 9.32. The maximum Gasteiger partial charge on any atom is 0.404 e. The molecule has 1 saturated heterocycles. The van der Waals surface area contributed by atoms with Gasteiger partial charge in [0.25, 0.3) is 0 Å². The minimum atomic E-state index is -4.81. The summed E-state index contributed by atoms with van der Waals surface area (Å²) in [5, 5.41) is 4.49. The molecule has 2 amide bonds. The molecule has 0 spiro atoms. The van der Waals surface area contributed by atoms with E-state index in [1.54, 1.807) is 29.2 Å². The Morgan fingerprint density at radius 2 is 1.80 bits per heavy atom. The number of carbonyl (C=O) groups excluding carboxylic acids is 2. The van der Waals surface area contributed by atoms with Crippen molar-refractivity contribution in [3.63, 3.8) is 0 Å². The number of nitrogens with one attached hydrogen (secondary N) is 2. The summed E-state index contributed by atoms with van der Waals surface area (Å²) < 4.78 is 56.1. The lowest BCUT2D eigenvalue weighted by Gasteiger charge is -2.30. The second kappa shape index (κ2) is 8.43. The predicted octanol–water partition coefficient (Wildman–Crippen LogP) is 4.18. The smallest absolute Gasteiger partial charge is 0.326 e. The number of hydrogen-bond acceptors (Lipinski definition) is 3. The van der Waals surface area contributed by atoms with Crippen molar-refractivity contribution in [3.05, 3.63) is 59.9 Å². The minimum absolute atomic E-state index is 0.0796. The normalized spacial score (nSPS) is 19.5. The lowest BCUT2D eigenvalue weighted by molar-refractivity contribution is -0.215. The Bertz CT molecular complexity index is 934. The van der Waals surface area contributed by atoms with Crippen molar-refractivity contribution in [2.24, 2.45) is 5.41 Å². The molecule has 5 nitrogen and oxygen atoms in total. The standard InChI is InChI=1S/C21H21F4N3O2/c1-14(29)26-16-7-8-17(22)18(11-16)27-19(30)20(21(23,24)25)9-10-28(13-20)12-15-5-3-2-4-6-15/h2-8,11H,9-10,12-13H2,1H3,(H,26,29)(H,27,30). The lowest BCUT2D eigenvalue weighted by atomic mass is 9.85. The van der Waals surface area contributed by atoms with Crippen LogP contribution in [0, 0.1) is 11.2 Å². The molecular formula is C21H21F4N3O2. The molecule has 9 heteroatoms. The van der Waals surface area contributed by atoms with Gasteiger partial charge in [0.2, 0.25) is 11.8 Å². The van der Waals surface area contributed by atoms with Crippen LogP contribution in [0.4, 0.5) is 28.9 Å². The van der Waals surface area contributed by atoms with Gasteiger partial charge in [0.1, 0.15) is 5.82 Å². The molecule has 1 fully saturated rings. The second-order valence-electron chi connectivity index (χ2n) is 7.36. The van der Waals surface area contributed by atoms with Crippen LogP contribution in [0.15, 0.2) is 48.5 Å². The number of rotatable bonds is 5. The Balaban J connectivity index is 1.81. The van der Waals surface area contributed by atoms with Gasteiger partial charge in [-0.05, 0) is 36.7 Å². The summed E-state index contributed by atoms with van der Waals surface area (Å²) in [6.45, 7) is 1.07. The Hall–Kier alpha value is -2.94. The number of hydrogen-bond donors (Lipinski definition) is 2. The van der Waals surface area contributed by atoms with E-state index in [0.29, 0.717) is 0 Å². The Morgan fingerprint density at radius 3 is 2.43 bits per heavy atom. The highest BCUT2D eigenvalue weighted by atomic mass is 19.4. The molecule has 2 N–H and O–H groups in total. The lowest BCUT2D eigenvalue weighted by Crippen LogP contribution is -2.50. The number of benzene rings is 2. The Morgan fingerprint density at radius 1 is 1.10 bits per heavy atom. The van der Waals surface area contributed by atoms with E-state index in [4.69, 9.17) is 0 Å². The van der Waals surface area contributed by atoms with Crippen LogP contribution < -0.4 is 10.6 Å². The zero-order valence-corrected chi connectivity index (χ0v) is 16.2. The monoisotopic (exact) mass is 423 g/mol. The minimum Gasteiger partial charge on any atom is -0.326 e. The number of alkyl halides is 3. The average molecular weight is 423 g/mol. The fourth-order valence-corrected chi connectivity index (χ4v) is 3.55. The van der Waals surface area contributed by atoms with Gasteiger partial charge in [-0.2, -0.15) is 13.2 Å². The molecule has 2 aromatic carbocycles. The van der Waals surface area contributed by atoms with Gasteiger partial charge in [-0.15, -0.1) is 0 Å². The van der Waals surface area contributed by atoms with Gasteiger partial charge in [0.05, 0.1) is 5.69 Å². The Kier molecular flexibility index (Phi) is 6.12. The molecule has 1 aliphatic heterocycles. The molecule has 1 heterocycles. The third-order valence-electron chi connectivity index (χ3n) is 5.11. The Labute approximate surface area is 171 Å². The first-order valence-corrected chi connectivity index (χ1v) is 9.32. The highest BCUT2D eigenvalue weighted by Crippen LogP contribution is 2.46. The van der Waals surface area contributed by atoms with Crippen molar-refractivity contribution < 1.29 is 27.2 Å². The van der Waals surface area contributed by atoms with Crippen LogP contribution >= 0.6 is 0 Å². The highest BCUT2D eigenvalue weighted by Gasteiger charge is 2.63. The fraction of sp³-hybridized carbons (Fsp3) is 0.333. The number of anilines is 2. The van der Waals surface area contributed by atoms with Crippen LogP contribution in [0.5, 0.6) is 0 Å². The fourth-order valence-electron chi connectivity index (χ4n) is 3.55. The molecule has 1 atom stereocenters. The molecule has 2 aromatic rings. The summed E-state index contributed by atoms with van der Waals surface area (Å²) in [6, 6.07) is 12.3. The first-order chi connectivity index (χ1) is 14.1. The molecule has 1 unspecified atom stereocenters. The molecule has 0 aromatic heterocycles. The summed E-state index contributed by atoms with van der Waals surface area (Å²) in [6.07, 6.45) is -5.24. The topological polar surface area (TPSA) is 61.4 Å². The maximum absolute atomic E-state index is 14.1. The van der Waals surface area contributed by atoms with Gasteiger partial charge >= 0.3 is 6.18 Å². The quantitative estimate of drug-likeness (QED) is 0.710. The molecule has 0 bridgehead atoms. The molecule has 160 valence electrons. The summed E-state index contributed by atoms with van der Waals surface area (Å²) in [5.41, 5.74) is -2.07. The van der Waals surface area contributed by atoms with Crippen molar-refractivity contribution in [2.75, 3.05) is 23.7 Å². The highest BCUT2D eigenvalue weighted by molar-refractivity contribution is 5.97. The van der Waals surface area contributed by atoms with Crippen LogP contribution in [-0.4, -0.2) is 36.0 Å². The largest absolute Gasteiger partial charge is 0.404 e. The number of amides is 2. The van der Waals surface area contributed by atoms with Gasteiger partial charge < -0.3 is 10.6 Å². The summed E-state index contributed by atoms with van der Waals surface area (Å²) in [7, 11) is 0. The van der Waals surface area contributed by atoms with E-state index < -0.39 is 47.9 Å². The van der Waals surface area contributed by atoms with Crippen LogP contribution in [0.1, 0.15) is 18.9 Å². The van der Waals surface area contributed by atoms with E-state index in [1.807, 2.05) is 6.07 Å². The number of likely N-dealkylation sites (tertiary alicyclic amines) is 1. The van der Waals surface area contributed by atoms with E-state index in [2.05, 4.69) is 10.6 Å². The van der Waals surface area contributed by atoms with Gasteiger partial charge in [0, 0.05) is 25.7 Å². The summed E-state index contributed by atoms with van der Waals surface area (Å²) in [5.74, 6) is -2.64. The van der Waals surface area contributed by atoms with E-state index >= 15 is 0 Å². The summed E-state index contributed by atoms with van der Waals surface area (Å²) in [4.78, 5) is 25.5. The molecule has 30 heavy (non-hydrogen) atoms. The average Bonchev–Trinajstić information content (AvgIpc) is 3.10. The van der Waals surface area contributed by atoms with Crippen LogP contribution in [-0.2, 0) is 16.1 Å². The third-order valence-corrected chi connectivity index (χ3v) is 5.11. The van der Waals surface area contributed by atoms with Gasteiger partial charge in [-0.25, -0.2) is 4.39 Å². The van der Waals surface area contributed by atoms with Crippen LogP contribution in [0.25, 0.3) is 0 Å². The zero-order chi connectivity index (χ0) is 21.9. The first kappa shape index (κ1) is 21.8. The molecule has 3 rings (SSSR count). The number of halogens is 4. The molecule has 1 aliphatic rings. The molecular weight excluding hydrogens is 402 g/mol. The molecule has 0 radical (unpaired) electrons. The molecule has 0 aliphatic carbocycles. The van der Waals surface area contributed by atoms with Gasteiger partial charge in [0.15, 0.2) is 5.41 Å². The van der Waals surface area contributed by atoms with Gasteiger partial charge in [-0.3, -0.25) is 14.5 Å². The summed E-state index contributed by atoms with van der Waals surface area (Å²) >= 11 is 0. The van der Waals surface area contributed by atoms with Crippen molar-refractivity contribution in [3.8, 4) is 0 Å². The number of carbonyl (C=O) groups is 2. The third kappa shape index (κ3) is 4.62. The number of nitrogens with zero attached hydrogens (tertiary/aromatic N) is 1. The maximum atomic E-state index is 14.1. The van der Waals surface area contributed by atoms with E-state index in [1.165, 1.54) is 13.0 Å². The van der Waals surface area contributed by atoms with Crippen molar-refractivity contribution in [2.45, 2.75) is 26.1 Å². The van der Waals surface area contributed by atoms with Crippen LogP contribution in [0.2, 0.25) is 0 Å². The second-order valence-corrected chi connectivity index (χ2v) is 7.36. The zero-order valence-electron chi connectivity index (χ0n) is 16.2. The van der Waals surface area contributed by atoms with Crippen molar-refractivity contribution in [1.82, 2.24) is 4.90 Å². The SMILES string of the molecule is CC(=O)Nc1ccc(F)c(NC(=O)C2(C(F)(F)F)CCN(Cc3ccccc3)C2)c1. The van der Waals surface area contributed by atoms with Crippen LogP contribution in [0.3, 0.4) is 0 Å².